The van der Waals surface area contributed by atoms with Crippen LogP contribution in [-0.4, -0.2) is 41.4 Å². The zero-order valence-electron chi connectivity index (χ0n) is 10.6. The molecule has 0 saturated carbocycles. The number of aryl methyl sites for hydroxylation is 1. The lowest BCUT2D eigenvalue weighted by atomic mass is 9.97. The molecule has 0 unspecified atom stereocenters. The van der Waals surface area contributed by atoms with E-state index in [4.69, 9.17) is 5.11 Å². The maximum Gasteiger partial charge on any atom is 0.303 e. The lowest BCUT2D eigenvalue weighted by Gasteiger charge is -2.38. The minimum absolute atomic E-state index is 0.321. The van der Waals surface area contributed by atoms with E-state index < -0.39 is 5.97 Å². The molecule has 0 radical (unpaired) electrons. The highest BCUT2D eigenvalue weighted by Crippen LogP contribution is 2.22. The van der Waals surface area contributed by atoms with Crippen LogP contribution in [0.15, 0.2) is 29.2 Å². The predicted octanol–water partition coefficient (Wildman–Crippen LogP) is 2.49. The van der Waals surface area contributed by atoms with Crippen LogP contribution in [0.2, 0.25) is 0 Å². The predicted molar refractivity (Wildman–Crippen MR) is 74.1 cm³/mol. The van der Waals surface area contributed by atoms with E-state index in [0.717, 1.165) is 25.4 Å². The quantitative estimate of drug-likeness (QED) is 0.802. The first-order valence-electron chi connectivity index (χ1n) is 6.27. The number of thioether (sulfide) groups is 1. The molecule has 0 bridgehead atoms. The van der Waals surface area contributed by atoms with Gasteiger partial charge in [0.15, 0.2) is 0 Å². The van der Waals surface area contributed by atoms with Crippen LogP contribution in [0, 0.1) is 12.8 Å². The highest BCUT2D eigenvalue weighted by atomic mass is 32.2. The molecule has 1 aromatic rings. The Balaban J connectivity index is 1.60. The number of nitrogens with zero attached hydrogens (tertiary/aromatic N) is 1. The molecule has 0 amide bonds. The summed E-state index contributed by atoms with van der Waals surface area (Å²) in [5, 5.41) is 8.66. The topological polar surface area (TPSA) is 40.5 Å². The molecule has 0 aliphatic carbocycles. The smallest absolute Gasteiger partial charge is 0.303 e. The Morgan fingerprint density at radius 3 is 2.67 bits per heavy atom. The van der Waals surface area contributed by atoms with E-state index in [1.807, 2.05) is 11.8 Å². The Labute approximate surface area is 112 Å². The molecule has 1 aliphatic heterocycles. The largest absolute Gasteiger partial charge is 0.481 e. The fourth-order valence-corrected chi connectivity index (χ4v) is 3.08. The molecule has 1 N–H and O–H groups in total. The molecular formula is C14H19NO2S. The molecule has 0 atom stereocenters. The second-order valence-electron chi connectivity index (χ2n) is 4.88. The number of carboxylic acids is 1. The minimum Gasteiger partial charge on any atom is -0.481 e. The van der Waals surface area contributed by atoms with Gasteiger partial charge in [-0.05, 0) is 25.0 Å². The average Bonchev–Trinajstić information content (AvgIpc) is 2.27. The summed E-state index contributed by atoms with van der Waals surface area (Å²) in [4.78, 5) is 14.1. The molecular weight excluding hydrogens is 246 g/mol. The van der Waals surface area contributed by atoms with E-state index in [1.165, 1.54) is 10.5 Å². The van der Waals surface area contributed by atoms with Crippen molar-refractivity contribution in [1.82, 2.24) is 4.90 Å². The number of likely N-dealkylation sites (tertiary alicyclic amines) is 1. The molecule has 2 rings (SSSR count). The van der Waals surface area contributed by atoms with Gasteiger partial charge in [0, 0.05) is 30.3 Å². The Kier molecular flexibility index (Phi) is 4.66. The molecule has 3 nitrogen and oxygen atoms in total. The van der Waals surface area contributed by atoms with Crippen LogP contribution in [0.1, 0.15) is 12.0 Å². The Hall–Kier alpha value is -1.00. The average molecular weight is 265 g/mol. The number of hydrogen-bond donors (Lipinski definition) is 1. The number of carbonyl (C=O) groups is 1. The number of hydrogen-bond acceptors (Lipinski definition) is 3. The van der Waals surface area contributed by atoms with Crippen LogP contribution in [0.3, 0.4) is 0 Å². The number of rotatable bonds is 6. The standard InChI is InChI=1S/C14H19NO2S/c1-11-2-4-13(5-3-11)18-7-6-15-9-12(10-15)8-14(16)17/h2-5,12H,6-10H2,1H3,(H,16,17). The van der Waals surface area contributed by atoms with E-state index in [0.29, 0.717) is 12.3 Å². The molecule has 1 fully saturated rings. The number of aliphatic carboxylic acids is 1. The van der Waals surface area contributed by atoms with Crippen molar-refractivity contribution in [2.45, 2.75) is 18.2 Å². The van der Waals surface area contributed by atoms with Crippen molar-refractivity contribution in [2.75, 3.05) is 25.4 Å². The van der Waals surface area contributed by atoms with E-state index in [1.54, 1.807) is 0 Å². The van der Waals surface area contributed by atoms with Crippen LogP contribution >= 0.6 is 11.8 Å². The lowest BCUT2D eigenvalue weighted by Crippen LogP contribution is -2.48. The van der Waals surface area contributed by atoms with Gasteiger partial charge >= 0.3 is 5.97 Å². The van der Waals surface area contributed by atoms with Gasteiger partial charge in [0.05, 0.1) is 6.42 Å². The first-order valence-corrected chi connectivity index (χ1v) is 7.25. The third-order valence-corrected chi connectivity index (χ3v) is 4.19. The molecule has 98 valence electrons. The molecule has 0 spiro atoms. The zero-order valence-corrected chi connectivity index (χ0v) is 11.4. The lowest BCUT2D eigenvalue weighted by molar-refractivity contribution is -0.139. The van der Waals surface area contributed by atoms with E-state index in [2.05, 4.69) is 36.1 Å². The van der Waals surface area contributed by atoms with Crippen LogP contribution in [0.5, 0.6) is 0 Å². The van der Waals surface area contributed by atoms with Crippen molar-refractivity contribution in [3.63, 3.8) is 0 Å². The SMILES string of the molecule is Cc1ccc(SCCN2CC(CC(=O)O)C2)cc1. The zero-order chi connectivity index (χ0) is 13.0. The summed E-state index contributed by atoms with van der Waals surface area (Å²) >= 11 is 1.86. The van der Waals surface area contributed by atoms with Crippen molar-refractivity contribution in [2.24, 2.45) is 5.92 Å². The summed E-state index contributed by atoms with van der Waals surface area (Å²) in [5.74, 6) is 0.767. The van der Waals surface area contributed by atoms with Gasteiger partial charge in [-0.2, -0.15) is 0 Å². The van der Waals surface area contributed by atoms with Crippen molar-refractivity contribution < 1.29 is 9.90 Å². The van der Waals surface area contributed by atoms with Crippen LogP contribution in [-0.2, 0) is 4.79 Å². The fraction of sp³-hybridized carbons (Fsp3) is 0.500. The van der Waals surface area contributed by atoms with Gasteiger partial charge in [-0.15, -0.1) is 11.8 Å². The summed E-state index contributed by atoms with van der Waals surface area (Å²) < 4.78 is 0. The second-order valence-corrected chi connectivity index (χ2v) is 6.05. The minimum atomic E-state index is -0.673. The summed E-state index contributed by atoms with van der Waals surface area (Å²) in [6.07, 6.45) is 0.321. The summed E-state index contributed by atoms with van der Waals surface area (Å²) in [5.41, 5.74) is 1.29. The molecule has 18 heavy (non-hydrogen) atoms. The van der Waals surface area contributed by atoms with Gasteiger partial charge in [0.1, 0.15) is 0 Å². The maximum absolute atomic E-state index is 10.5. The second kappa shape index (κ2) is 6.25. The van der Waals surface area contributed by atoms with E-state index >= 15 is 0 Å². The fourth-order valence-electron chi connectivity index (χ4n) is 2.16. The van der Waals surface area contributed by atoms with E-state index in [-0.39, 0.29) is 0 Å². The van der Waals surface area contributed by atoms with Gasteiger partial charge in [0.25, 0.3) is 0 Å². The summed E-state index contributed by atoms with van der Waals surface area (Å²) in [6, 6.07) is 8.58. The maximum atomic E-state index is 10.5. The molecule has 1 saturated heterocycles. The summed E-state index contributed by atoms with van der Waals surface area (Å²) in [7, 11) is 0. The van der Waals surface area contributed by atoms with Crippen LogP contribution < -0.4 is 0 Å². The van der Waals surface area contributed by atoms with Crippen molar-refractivity contribution in [3.05, 3.63) is 29.8 Å². The Morgan fingerprint density at radius 2 is 2.06 bits per heavy atom. The number of benzene rings is 1. The van der Waals surface area contributed by atoms with Crippen LogP contribution in [0.25, 0.3) is 0 Å². The third kappa shape index (κ3) is 4.03. The van der Waals surface area contributed by atoms with Crippen LogP contribution in [0.4, 0.5) is 0 Å². The molecule has 1 heterocycles. The first kappa shape index (κ1) is 13.4. The van der Waals surface area contributed by atoms with Crippen molar-refractivity contribution in [3.8, 4) is 0 Å². The summed E-state index contributed by atoms with van der Waals surface area (Å²) in [6.45, 7) is 5.04. The van der Waals surface area contributed by atoms with Gasteiger partial charge in [-0.1, -0.05) is 17.7 Å². The monoisotopic (exact) mass is 265 g/mol. The first-order chi connectivity index (χ1) is 8.63. The molecule has 1 aliphatic rings. The van der Waals surface area contributed by atoms with Gasteiger partial charge in [0.2, 0.25) is 0 Å². The van der Waals surface area contributed by atoms with Crippen molar-refractivity contribution in [1.29, 1.82) is 0 Å². The van der Waals surface area contributed by atoms with Gasteiger partial charge in [-0.25, -0.2) is 0 Å². The Morgan fingerprint density at radius 1 is 1.39 bits per heavy atom. The highest BCUT2D eigenvalue weighted by molar-refractivity contribution is 7.99. The number of carboxylic acid groups (broad SMARTS) is 1. The van der Waals surface area contributed by atoms with Gasteiger partial charge in [-0.3, -0.25) is 4.79 Å². The van der Waals surface area contributed by atoms with Gasteiger partial charge < -0.3 is 10.0 Å². The van der Waals surface area contributed by atoms with E-state index in [9.17, 15) is 4.79 Å². The Bertz CT molecular complexity index is 399. The molecule has 0 aromatic heterocycles. The van der Waals surface area contributed by atoms with Crippen molar-refractivity contribution >= 4 is 17.7 Å². The highest BCUT2D eigenvalue weighted by Gasteiger charge is 2.27. The molecule has 1 aromatic carbocycles. The normalized spacial score (nSPS) is 16.5. The molecule has 4 heteroatoms. The third-order valence-electron chi connectivity index (χ3n) is 3.19.